The van der Waals surface area contributed by atoms with E-state index in [2.05, 4.69) is 5.32 Å². The Morgan fingerprint density at radius 2 is 1.78 bits per heavy atom. The highest BCUT2D eigenvalue weighted by Crippen LogP contribution is 2.35. The number of carbonyl (C=O) groups is 1. The maximum absolute atomic E-state index is 13.8. The molecule has 0 aromatic heterocycles. The van der Waals surface area contributed by atoms with Crippen LogP contribution >= 0.6 is 23.2 Å². The summed E-state index contributed by atoms with van der Waals surface area (Å²) in [5, 5.41) is 12.4. The zero-order valence-electron chi connectivity index (χ0n) is 16.9. The van der Waals surface area contributed by atoms with Gasteiger partial charge < -0.3 is 14.8 Å². The van der Waals surface area contributed by atoms with Crippen molar-refractivity contribution < 1.29 is 18.7 Å². The van der Waals surface area contributed by atoms with Crippen LogP contribution in [0.3, 0.4) is 0 Å². The summed E-state index contributed by atoms with van der Waals surface area (Å²) in [5.74, 6) is -0.179. The summed E-state index contributed by atoms with van der Waals surface area (Å²) in [4.78, 5) is 12.5. The Balaban J connectivity index is 1.76. The molecule has 0 radical (unpaired) electrons. The van der Waals surface area contributed by atoms with E-state index >= 15 is 0 Å². The van der Waals surface area contributed by atoms with Gasteiger partial charge in [0.25, 0.3) is 5.91 Å². The Morgan fingerprint density at radius 3 is 2.38 bits per heavy atom. The van der Waals surface area contributed by atoms with E-state index in [-0.39, 0.29) is 28.0 Å². The molecule has 0 bridgehead atoms. The molecule has 5 nitrogen and oxygen atoms in total. The van der Waals surface area contributed by atoms with Gasteiger partial charge in [-0.2, -0.15) is 5.26 Å². The van der Waals surface area contributed by atoms with Gasteiger partial charge in [0.05, 0.1) is 17.2 Å². The molecule has 3 aromatic rings. The number of amides is 1. The first-order chi connectivity index (χ1) is 15.4. The third kappa shape index (κ3) is 5.79. The molecule has 3 rings (SSSR count). The molecule has 0 unspecified atom stereocenters. The van der Waals surface area contributed by atoms with Crippen molar-refractivity contribution in [3.8, 4) is 17.6 Å². The first-order valence-corrected chi connectivity index (χ1v) is 10.1. The number of hydrogen-bond acceptors (Lipinski definition) is 4. The molecule has 162 valence electrons. The molecule has 0 aliphatic carbocycles. The molecular weight excluding hydrogens is 454 g/mol. The van der Waals surface area contributed by atoms with E-state index in [0.29, 0.717) is 22.6 Å². The number of benzene rings is 3. The Bertz CT molecular complexity index is 1180. The number of nitrogens with zero attached hydrogens (tertiary/aromatic N) is 1. The van der Waals surface area contributed by atoms with Crippen LogP contribution in [0.5, 0.6) is 11.5 Å². The fourth-order valence-corrected chi connectivity index (χ4v) is 3.37. The van der Waals surface area contributed by atoms with E-state index < -0.39 is 11.7 Å². The van der Waals surface area contributed by atoms with Crippen LogP contribution < -0.4 is 14.8 Å². The smallest absolute Gasteiger partial charge is 0.266 e. The van der Waals surface area contributed by atoms with Crippen LogP contribution in [0, 0.1) is 17.1 Å². The van der Waals surface area contributed by atoms with Crippen LogP contribution in [-0.4, -0.2) is 13.0 Å². The van der Waals surface area contributed by atoms with Crippen molar-refractivity contribution in [3.63, 3.8) is 0 Å². The number of halogens is 3. The topological polar surface area (TPSA) is 71.3 Å². The van der Waals surface area contributed by atoms with E-state index in [1.165, 1.54) is 31.4 Å². The second-order valence-corrected chi connectivity index (χ2v) is 7.36. The highest BCUT2D eigenvalue weighted by Gasteiger charge is 2.14. The molecule has 1 amide bonds. The SMILES string of the molecule is COc1ccc(NC(=O)/C(C#N)=C\c2cc(Cl)c(OCc3ccccc3F)c(Cl)c2)cc1. The van der Waals surface area contributed by atoms with Gasteiger partial charge in [0.2, 0.25) is 0 Å². The molecule has 0 saturated heterocycles. The second kappa shape index (κ2) is 10.7. The lowest BCUT2D eigenvalue weighted by molar-refractivity contribution is -0.112. The number of methoxy groups -OCH3 is 1. The van der Waals surface area contributed by atoms with Crippen LogP contribution in [0.25, 0.3) is 6.08 Å². The van der Waals surface area contributed by atoms with E-state index in [1.54, 1.807) is 42.5 Å². The normalized spacial score (nSPS) is 10.9. The fraction of sp³-hybridized carbons (Fsp3) is 0.0833. The van der Waals surface area contributed by atoms with Gasteiger partial charge in [-0.05, 0) is 54.1 Å². The van der Waals surface area contributed by atoms with Crippen LogP contribution in [-0.2, 0) is 11.4 Å². The van der Waals surface area contributed by atoms with Crippen LogP contribution in [0.15, 0.2) is 66.2 Å². The lowest BCUT2D eigenvalue weighted by Gasteiger charge is -2.12. The Labute approximate surface area is 194 Å². The van der Waals surface area contributed by atoms with Gasteiger partial charge in [-0.15, -0.1) is 0 Å². The summed E-state index contributed by atoms with van der Waals surface area (Å²) < 4.78 is 24.4. The van der Waals surface area contributed by atoms with Gasteiger partial charge >= 0.3 is 0 Å². The van der Waals surface area contributed by atoms with Gasteiger partial charge in [-0.3, -0.25) is 4.79 Å². The Hall–Kier alpha value is -3.53. The number of hydrogen-bond donors (Lipinski definition) is 1. The summed E-state index contributed by atoms with van der Waals surface area (Å²) in [6.07, 6.45) is 1.36. The minimum Gasteiger partial charge on any atom is -0.497 e. The van der Waals surface area contributed by atoms with E-state index in [4.69, 9.17) is 32.7 Å². The van der Waals surface area contributed by atoms with Gasteiger partial charge in [-0.25, -0.2) is 4.39 Å². The summed E-state index contributed by atoms with van der Waals surface area (Å²) in [6.45, 7) is -0.0605. The molecule has 8 heteroatoms. The molecular formula is C24H17Cl2FN2O3. The Kier molecular flexibility index (Phi) is 7.72. The van der Waals surface area contributed by atoms with Crippen molar-refractivity contribution in [1.82, 2.24) is 0 Å². The first-order valence-electron chi connectivity index (χ1n) is 9.33. The van der Waals surface area contributed by atoms with Crippen molar-refractivity contribution in [2.24, 2.45) is 0 Å². The summed E-state index contributed by atoms with van der Waals surface area (Å²) in [7, 11) is 1.54. The molecule has 0 aliphatic heterocycles. The van der Waals surface area contributed by atoms with Crippen molar-refractivity contribution in [2.45, 2.75) is 6.61 Å². The third-order valence-electron chi connectivity index (χ3n) is 4.37. The molecule has 32 heavy (non-hydrogen) atoms. The predicted molar refractivity (Wildman–Crippen MR) is 122 cm³/mol. The second-order valence-electron chi connectivity index (χ2n) is 6.55. The summed E-state index contributed by atoms with van der Waals surface area (Å²) in [6, 6.07) is 17.7. The van der Waals surface area contributed by atoms with Crippen LogP contribution in [0.2, 0.25) is 10.0 Å². The zero-order chi connectivity index (χ0) is 23.1. The minimum atomic E-state index is -0.593. The molecule has 3 aromatic carbocycles. The highest BCUT2D eigenvalue weighted by molar-refractivity contribution is 6.37. The average Bonchev–Trinajstić information content (AvgIpc) is 2.78. The lowest BCUT2D eigenvalue weighted by Crippen LogP contribution is -2.13. The standard InChI is InChI=1S/C24H17Cl2FN2O3/c1-31-19-8-6-18(7-9-19)29-24(30)17(13-28)10-15-11-20(25)23(21(26)12-15)32-14-16-4-2-3-5-22(16)27/h2-12H,14H2,1H3,(H,29,30)/b17-10-. The number of anilines is 1. The molecule has 0 saturated carbocycles. The van der Waals surface area contributed by atoms with Gasteiger partial charge in [-0.1, -0.05) is 41.4 Å². The number of rotatable bonds is 7. The van der Waals surface area contributed by atoms with Crippen molar-refractivity contribution in [3.05, 3.63) is 93.2 Å². The van der Waals surface area contributed by atoms with Crippen LogP contribution in [0.4, 0.5) is 10.1 Å². The highest BCUT2D eigenvalue weighted by atomic mass is 35.5. The van der Waals surface area contributed by atoms with Crippen molar-refractivity contribution >= 4 is 40.9 Å². The Morgan fingerprint density at radius 1 is 1.12 bits per heavy atom. The summed E-state index contributed by atoms with van der Waals surface area (Å²) in [5.41, 5.74) is 1.14. The quantitative estimate of drug-likeness (QED) is 0.326. The fourth-order valence-electron chi connectivity index (χ4n) is 2.75. The minimum absolute atomic E-state index is 0.0605. The van der Waals surface area contributed by atoms with Gasteiger partial charge in [0, 0.05) is 11.3 Å². The van der Waals surface area contributed by atoms with Gasteiger partial charge in [0.1, 0.15) is 29.8 Å². The van der Waals surface area contributed by atoms with Crippen molar-refractivity contribution in [1.29, 1.82) is 5.26 Å². The number of nitriles is 1. The number of ether oxygens (including phenoxy) is 2. The first kappa shape index (κ1) is 23.1. The van der Waals surface area contributed by atoms with Crippen molar-refractivity contribution in [2.75, 3.05) is 12.4 Å². The third-order valence-corrected chi connectivity index (χ3v) is 4.94. The van der Waals surface area contributed by atoms with Gasteiger partial charge in [0.15, 0.2) is 5.75 Å². The maximum atomic E-state index is 13.8. The largest absolute Gasteiger partial charge is 0.497 e. The molecule has 0 atom stereocenters. The monoisotopic (exact) mass is 470 g/mol. The van der Waals surface area contributed by atoms with Crippen LogP contribution in [0.1, 0.15) is 11.1 Å². The number of nitrogens with one attached hydrogen (secondary N) is 1. The molecule has 0 heterocycles. The van der Waals surface area contributed by atoms with E-state index in [0.717, 1.165) is 0 Å². The molecule has 0 fully saturated rings. The maximum Gasteiger partial charge on any atom is 0.266 e. The number of carbonyl (C=O) groups excluding carboxylic acids is 1. The summed E-state index contributed by atoms with van der Waals surface area (Å²) >= 11 is 12.6. The van der Waals surface area contributed by atoms with E-state index in [1.807, 2.05) is 6.07 Å². The molecule has 1 N–H and O–H groups in total. The van der Waals surface area contributed by atoms with E-state index in [9.17, 15) is 14.4 Å². The molecule has 0 aliphatic rings. The average molecular weight is 471 g/mol. The predicted octanol–water partition coefficient (Wildman–Crippen LogP) is 6.27. The zero-order valence-corrected chi connectivity index (χ0v) is 18.4. The lowest BCUT2D eigenvalue weighted by atomic mass is 10.1. The molecule has 0 spiro atoms.